The topological polar surface area (TPSA) is 68.0 Å². The van der Waals surface area contributed by atoms with Crippen LogP contribution in [0.1, 0.15) is 11.5 Å². The lowest BCUT2D eigenvalue weighted by molar-refractivity contribution is 0.389. The van der Waals surface area contributed by atoms with E-state index in [0.717, 1.165) is 5.52 Å². The SMILES string of the molecule is O=c1nc2n(c3ccccc13)CC(O)=C2c1ccccn1. The quantitative estimate of drug-likeness (QED) is 0.739. The zero-order chi connectivity index (χ0) is 14.4. The van der Waals surface area contributed by atoms with Crippen LogP contribution in [-0.2, 0) is 6.54 Å². The molecule has 0 unspecified atom stereocenters. The molecular weight excluding hydrogens is 266 g/mol. The molecule has 1 aliphatic heterocycles. The molecule has 0 saturated heterocycles. The van der Waals surface area contributed by atoms with Gasteiger partial charge in [-0.1, -0.05) is 18.2 Å². The van der Waals surface area contributed by atoms with Crippen LogP contribution in [-0.4, -0.2) is 19.6 Å². The van der Waals surface area contributed by atoms with E-state index < -0.39 is 0 Å². The molecule has 0 atom stereocenters. The summed E-state index contributed by atoms with van der Waals surface area (Å²) in [6.07, 6.45) is 1.65. The summed E-state index contributed by atoms with van der Waals surface area (Å²) in [4.78, 5) is 20.6. The van der Waals surface area contributed by atoms with Crippen LogP contribution in [0.2, 0.25) is 0 Å². The van der Waals surface area contributed by atoms with Crippen LogP contribution in [0.4, 0.5) is 0 Å². The van der Waals surface area contributed by atoms with Crippen LogP contribution in [0.15, 0.2) is 59.2 Å². The van der Waals surface area contributed by atoms with Crippen LogP contribution in [0.25, 0.3) is 16.5 Å². The van der Waals surface area contributed by atoms with Crippen molar-refractivity contribution in [3.63, 3.8) is 0 Å². The third-order valence-electron chi connectivity index (χ3n) is 3.63. The Hall–Kier alpha value is -2.95. The average Bonchev–Trinajstić information content (AvgIpc) is 2.85. The maximum atomic E-state index is 12.2. The van der Waals surface area contributed by atoms with Crippen LogP contribution in [0, 0.1) is 0 Å². The first-order valence-electron chi connectivity index (χ1n) is 6.59. The van der Waals surface area contributed by atoms with Gasteiger partial charge in [-0.2, -0.15) is 4.98 Å². The van der Waals surface area contributed by atoms with Gasteiger partial charge in [-0.3, -0.25) is 9.78 Å². The first kappa shape index (κ1) is 11.8. The number of benzene rings is 1. The molecule has 5 heteroatoms. The molecule has 2 aromatic heterocycles. The molecule has 0 amide bonds. The van der Waals surface area contributed by atoms with Gasteiger partial charge in [-0.15, -0.1) is 0 Å². The number of aliphatic hydroxyl groups excluding tert-OH is 1. The van der Waals surface area contributed by atoms with E-state index in [-0.39, 0.29) is 11.3 Å². The monoisotopic (exact) mass is 277 g/mol. The van der Waals surface area contributed by atoms with Gasteiger partial charge < -0.3 is 9.67 Å². The molecule has 0 bridgehead atoms. The van der Waals surface area contributed by atoms with E-state index in [4.69, 9.17) is 0 Å². The Morgan fingerprint density at radius 1 is 1.10 bits per heavy atom. The number of allylic oxidation sites excluding steroid dienone is 1. The summed E-state index contributed by atoms with van der Waals surface area (Å²) in [6, 6.07) is 12.7. The number of nitrogens with zero attached hydrogens (tertiary/aromatic N) is 3. The molecule has 0 spiro atoms. The van der Waals surface area contributed by atoms with E-state index in [1.807, 2.05) is 22.8 Å². The molecule has 0 aliphatic carbocycles. The summed E-state index contributed by atoms with van der Waals surface area (Å²) < 4.78 is 1.84. The maximum absolute atomic E-state index is 12.2. The van der Waals surface area contributed by atoms with E-state index >= 15 is 0 Å². The van der Waals surface area contributed by atoms with Gasteiger partial charge in [0.05, 0.1) is 28.7 Å². The highest BCUT2D eigenvalue weighted by Crippen LogP contribution is 2.31. The Kier molecular flexibility index (Phi) is 2.41. The molecule has 3 heterocycles. The van der Waals surface area contributed by atoms with Crippen molar-refractivity contribution < 1.29 is 5.11 Å². The fourth-order valence-corrected chi connectivity index (χ4v) is 2.70. The number of fused-ring (bicyclic) bond motifs is 3. The minimum Gasteiger partial charge on any atom is -0.510 e. The zero-order valence-corrected chi connectivity index (χ0v) is 11.0. The molecule has 1 aliphatic rings. The molecule has 0 fully saturated rings. The number of para-hydroxylation sites is 1. The first-order valence-corrected chi connectivity index (χ1v) is 6.59. The third kappa shape index (κ3) is 1.67. The van der Waals surface area contributed by atoms with Crippen LogP contribution in [0.5, 0.6) is 0 Å². The first-order chi connectivity index (χ1) is 10.3. The van der Waals surface area contributed by atoms with Crippen LogP contribution in [0.3, 0.4) is 0 Å². The number of hydrogen-bond donors (Lipinski definition) is 1. The molecule has 1 aromatic carbocycles. The van der Waals surface area contributed by atoms with Crippen molar-refractivity contribution in [2.24, 2.45) is 0 Å². The number of pyridine rings is 1. The Balaban J connectivity index is 2.05. The minimum atomic E-state index is -0.292. The van der Waals surface area contributed by atoms with Crippen molar-refractivity contribution in [1.29, 1.82) is 0 Å². The van der Waals surface area contributed by atoms with Crippen LogP contribution >= 0.6 is 0 Å². The Morgan fingerprint density at radius 2 is 1.90 bits per heavy atom. The predicted molar refractivity (Wildman–Crippen MR) is 78.9 cm³/mol. The number of aliphatic hydroxyl groups is 1. The minimum absolute atomic E-state index is 0.178. The second kappa shape index (κ2) is 4.28. The molecule has 102 valence electrons. The van der Waals surface area contributed by atoms with Gasteiger partial charge in [0.2, 0.25) is 0 Å². The standard InChI is InChI=1S/C16H11N3O2/c20-13-9-19-12-7-2-1-5-10(12)16(21)18-15(19)14(13)11-6-3-4-8-17-11/h1-8,20H,9H2. The average molecular weight is 277 g/mol. The summed E-state index contributed by atoms with van der Waals surface area (Å²) >= 11 is 0. The smallest absolute Gasteiger partial charge is 0.281 e. The Bertz CT molecular complexity index is 943. The second-order valence-corrected chi connectivity index (χ2v) is 4.88. The second-order valence-electron chi connectivity index (χ2n) is 4.88. The van der Waals surface area contributed by atoms with Gasteiger partial charge in [0.1, 0.15) is 5.76 Å². The highest BCUT2D eigenvalue weighted by Gasteiger charge is 2.26. The summed E-state index contributed by atoms with van der Waals surface area (Å²) in [7, 11) is 0. The lowest BCUT2D eigenvalue weighted by atomic mass is 10.1. The zero-order valence-electron chi connectivity index (χ0n) is 11.0. The van der Waals surface area contributed by atoms with Crippen molar-refractivity contribution in [3.8, 4) is 0 Å². The van der Waals surface area contributed by atoms with Gasteiger partial charge in [0.15, 0.2) is 5.82 Å². The lowest BCUT2D eigenvalue weighted by Gasteiger charge is -2.08. The number of aromatic nitrogens is 3. The van der Waals surface area contributed by atoms with Gasteiger partial charge >= 0.3 is 0 Å². The molecule has 21 heavy (non-hydrogen) atoms. The van der Waals surface area contributed by atoms with Gasteiger partial charge in [0.25, 0.3) is 5.56 Å². The number of rotatable bonds is 1. The molecule has 4 rings (SSSR count). The fourth-order valence-electron chi connectivity index (χ4n) is 2.70. The van der Waals surface area contributed by atoms with Crippen molar-refractivity contribution in [3.05, 3.63) is 76.3 Å². The van der Waals surface area contributed by atoms with E-state index in [2.05, 4.69) is 9.97 Å². The third-order valence-corrected chi connectivity index (χ3v) is 3.63. The number of hydrogen-bond acceptors (Lipinski definition) is 4. The molecule has 0 radical (unpaired) electrons. The van der Waals surface area contributed by atoms with E-state index in [0.29, 0.717) is 29.0 Å². The van der Waals surface area contributed by atoms with Gasteiger partial charge in [-0.25, -0.2) is 0 Å². The van der Waals surface area contributed by atoms with Crippen molar-refractivity contribution >= 4 is 16.5 Å². The molecule has 5 nitrogen and oxygen atoms in total. The van der Waals surface area contributed by atoms with Crippen molar-refractivity contribution in [1.82, 2.24) is 14.5 Å². The molecule has 3 aromatic rings. The largest absolute Gasteiger partial charge is 0.510 e. The molecular formula is C16H11N3O2. The fraction of sp³-hybridized carbons (Fsp3) is 0.0625. The molecule has 1 N–H and O–H groups in total. The summed E-state index contributed by atoms with van der Waals surface area (Å²) in [5, 5.41) is 10.8. The highest BCUT2D eigenvalue weighted by molar-refractivity contribution is 5.85. The van der Waals surface area contributed by atoms with Gasteiger partial charge in [0, 0.05) is 6.20 Å². The van der Waals surface area contributed by atoms with E-state index in [1.54, 1.807) is 30.5 Å². The maximum Gasteiger partial charge on any atom is 0.281 e. The Labute approximate surface area is 119 Å². The van der Waals surface area contributed by atoms with E-state index in [9.17, 15) is 9.90 Å². The predicted octanol–water partition coefficient (Wildman–Crippen LogP) is 2.12. The Morgan fingerprint density at radius 3 is 2.71 bits per heavy atom. The molecule has 0 saturated carbocycles. The van der Waals surface area contributed by atoms with E-state index in [1.165, 1.54) is 0 Å². The summed E-state index contributed by atoms with van der Waals surface area (Å²) in [6.45, 7) is 0.301. The van der Waals surface area contributed by atoms with Crippen LogP contribution < -0.4 is 5.56 Å². The lowest BCUT2D eigenvalue weighted by Crippen LogP contribution is -2.15. The highest BCUT2D eigenvalue weighted by atomic mass is 16.3. The van der Waals surface area contributed by atoms with Crippen molar-refractivity contribution in [2.75, 3.05) is 0 Å². The summed E-state index contributed by atoms with van der Waals surface area (Å²) in [5.74, 6) is 0.645. The summed E-state index contributed by atoms with van der Waals surface area (Å²) in [5.41, 5.74) is 1.62. The normalized spacial score (nSPS) is 13.7. The van der Waals surface area contributed by atoms with Crippen molar-refractivity contribution in [2.45, 2.75) is 6.54 Å². The van der Waals surface area contributed by atoms with Gasteiger partial charge in [-0.05, 0) is 24.3 Å².